The van der Waals surface area contributed by atoms with Gasteiger partial charge in [0.1, 0.15) is 24.3 Å². The molecule has 5 nitrogen and oxygen atoms in total. The largest absolute Gasteiger partial charge is 0.290 e. The lowest BCUT2D eigenvalue weighted by Crippen LogP contribution is -2.00. The number of rotatable bonds is 2. The van der Waals surface area contributed by atoms with Crippen LogP contribution in [0.3, 0.4) is 0 Å². The fraction of sp³-hybridized carbons (Fsp3) is 0. The van der Waals surface area contributed by atoms with E-state index in [1.165, 1.54) is 0 Å². The van der Waals surface area contributed by atoms with Crippen molar-refractivity contribution in [2.45, 2.75) is 0 Å². The molecule has 96 valence electrons. The second-order valence-electron chi connectivity index (χ2n) is 4.43. The minimum Gasteiger partial charge on any atom is -0.290 e. The Morgan fingerprint density at radius 3 is 2.65 bits per heavy atom. The van der Waals surface area contributed by atoms with E-state index in [9.17, 15) is 0 Å². The van der Waals surface area contributed by atoms with E-state index >= 15 is 0 Å². The van der Waals surface area contributed by atoms with Gasteiger partial charge in [-0.2, -0.15) is 0 Å². The summed E-state index contributed by atoms with van der Waals surface area (Å²) in [4.78, 5) is 13.1. The van der Waals surface area contributed by atoms with Crippen LogP contribution in [0, 0.1) is 0 Å². The topological polar surface area (TPSA) is 48.5 Å². The summed E-state index contributed by atoms with van der Waals surface area (Å²) in [6.45, 7) is 0. The van der Waals surface area contributed by atoms with E-state index in [4.69, 9.17) is 0 Å². The summed E-state index contributed by atoms with van der Waals surface area (Å²) >= 11 is 0. The maximum atomic E-state index is 4.65. The molecule has 0 radical (unpaired) electrons. The number of hydrogen-bond acceptors (Lipinski definition) is 3. The monoisotopic (exact) mass is 261 g/mol. The zero-order chi connectivity index (χ0) is 13.4. The van der Waals surface area contributed by atoms with E-state index in [-0.39, 0.29) is 0 Å². The average molecular weight is 261 g/mol. The Balaban J connectivity index is 1.88. The van der Waals surface area contributed by atoms with Gasteiger partial charge in [-0.05, 0) is 24.3 Å². The van der Waals surface area contributed by atoms with E-state index in [2.05, 4.69) is 15.0 Å². The molecule has 0 spiro atoms. The van der Waals surface area contributed by atoms with Gasteiger partial charge in [-0.3, -0.25) is 9.13 Å². The lowest BCUT2D eigenvalue weighted by Gasteiger charge is -2.06. The smallest absolute Gasteiger partial charge is 0.140 e. The standard InChI is InChI=1S/C15H11N5/c1-2-5-13-12(4-1)17-11-20(13)15-7-3-6-14(18-15)19-9-8-16-10-19/h1-11H. The highest BCUT2D eigenvalue weighted by Gasteiger charge is 2.06. The number of fused-ring (bicyclic) bond motifs is 1. The van der Waals surface area contributed by atoms with E-state index in [1.54, 1.807) is 18.9 Å². The number of hydrogen-bond donors (Lipinski definition) is 0. The van der Waals surface area contributed by atoms with Gasteiger partial charge < -0.3 is 0 Å². The highest BCUT2D eigenvalue weighted by molar-refractivity contribution is 5.76. The molecule has 20 heavy (non-hydrogen) atoms. The molecule has 0 atom stereocenters. The molecule has 0 aliphatic heterocycles. The minimum absolute atomic E-state index is 0.831. The average Bonchev–Trinajstić information content (AvgIpc) is 3.17. The summed E-state index contributed by atoms with van der Waals surface area (Å²) in [5.41, 5.74) is 2.00. The van der Waals surface area contributed by atoms with Crippen LogP contribution in [0.25, 0.3) is 22.7 Å². The van der Waals surface area contributed by atoms with Crippen LogP contribution in [0.4, 0.5) is 0 Å². The SMILES string of the molecule is c1cc(-n2ccnc2)nc(-n2cnc3ccccc32)c1. The van der Waals surface area contributed by atoms with Gasteiger partial charge in [0.2, 0.25) is 0 Å². The number of pyridine rings is 1. The summed E-state index contributed by atoms with van der Waals surface area (Å²) in [6.07, 6.45) is 7.14. The Morgan fingerprint density at radius 1 is 0.850 bits per heavy atom. The molecule has 1 aromatic carbocycles. The van der Waals surface area contributed by atoms with Gasteiger partial charge in [0.25, 0.3) is 0 Å². The first-order valence-electron chi connectivity index (χ1n) is 6.30. The van der Waals surface area contributed by atoms with Gasteiger partial charge in [-0.1, -0.05) is 18.2 Å². The van der Waals surface area contributed by atoms with Crippen LogP contribution in [0.15, 0.2) is 67.5 Å². The molecule has 0 amide bonds. The van der Waals surface area contributed by atoms with Gasteiger partial charge in [0.05, 0.1) is 11.0 Å². The van der Waals surface area contributed by atoms with Gasteiger partial charge in [-0.15, -0.1) is 0 Å². The molecule has 0 saturated heterocycles. The van der Waals surface area contributed by atoms with Crippen molar-refractivity contribution in [2.75, 3.05) is 0 Å². The predicted molar refractivity (Wildman–Crippen MR) is 76.0 cm³/mol. The summed E-state index contributed by atoms with van der Waals surface area (Å²) in [7, 11) is 0. The molecular formula is C15H11N5. The first kappa shape index (κ1) is 10.9. The van der Waals surface area contributed by atoms with Gasteiger partial charge in [-0.25, -0.2) is 15.0 Å². The highest BCUT2D eigenvalue weighted by atomic mass is 15.2. The molecule has 0 saturated carbocycles. The Hall–Kier alpha value is -2.95. The molecule has 0 bridgehead atoms. The third-order valence-corrected chi connectivity index (χ3v) is 3.19. The van der Waals surface area contributed by atoms with Crippen LogP contribution in [0.2, 0.25) is 0 Å². The quantitative estimate of drug-likeness (QED) is 0.557. The van der Waals surface area contributed by atoms with Crippen molar-refractivity contribution in [3.8, 4) is 11.6 Å². The van der Waals surface area contributed by atoms with Crippen molar-refractivity contribution in [3.63, 3.8) is 0 Å². The lowest BCUT2D eigenvalue weighted by atomic mass is 10.3. The van der Waals surface area contributed by atoms with Crippen molar-refractivity contribution in [1.82, 2.24) is 24.1 Å². The van der Waals surface area contributed by atoms with Crippen molar-refractivity contribution in [2.24, 2.45) is 0 Å². The summed E-state index contributed by atoms with van der Waals surface area (Å²) < 4.78 is 3.86. The van der Waals surface area contributed by atoms with Crippen LogP contribution in [0.5, 0.6) is 0 Å². The molecule has 0 unspecified atom stereocenters. The molecule has 5 heteroatoms. The van der Waals surface area contributed by atoms with E-state index < -0.39 is 0 Å². The first-order chi connectivity index (χ1) is 9.92. The molecule has 3 heterocycles. The van der Waals surface area contributed by atoms with Crippen LogP contribution < -0.4 is 0 Å². The fourth-order valence-electron chi connectivity index (χ4n) is 2.23. The first-order valence-corrected chi connectivity index (χ1v) is 6.30. The second kappa shape index (κ2) is 4.31. The molecule has 0 N–H and O–H groups in total. The van der Waals surface area contributed by atoms with Crippen molar-refractivity contribution in [3.05, 3.63) is 67.5 Å². The number of aromatic nitrogens is 5. The predicted octanol–water partition coefficient (Wildman–Crippen LogP) is 2.61. The third-order valence-electron chi connectivity index (χ3n) is 3.19. The maximum absolute atomic E-state index is 4.65. The summed E-state index contributed by atoms with van der Waals surface area (Å²) in [6, 6.07) is 13.9. The van der Waals surface area contributed by atoms with Gasteiger partial charge in [0, 0.05) is 12.4 Å². The number of para-hydroxylation sites is 2. The van der Waals surface area contributed by atoms with Crippen LogP contribution in [0.1, 0.15) is 0 Å². The highest BCUT2D eigenvalue weighted by Crippen LogP contribution is 2.17. The second-order valence-corrected chi connectivity index (χ2v) is 4.43. The van der Waals surface area contributed by atoms with Gasteiger partial charge >= 0.3 is 0 Å². The Labute approximate surface area is 115 Å². The molecule has 0 aliphatic carbocycles. The zero-order valence-corrected chi connectivity index (χ0v) is 10.6. The number of benzene rings is 1. The lowest BCUT2D eigenvalue weighted by molar-refractivity contribution is 0.946. The molecule has 0 aliphatic rings. The van der Waals surface area contributed by atoms with Crippen molar-refractivity contribution in [1.29, 1.82) is 0 Å². The molecular weight excluding hydrogens is 250 g/mol. The molecule has 4 aromatic rings. The number of nitrogens with zero attached hydrogens (tertiary/aromatic N) is 5. The number of imidazole rings is 2. The molecule has 3 aromatic heterocycles. The van der Waals surface area contributed by atoms with Crippen LogP contribution in [-0.2, 0) is 0 Å². The third kappa shape index (κ3) is 1.68. The maximum Gasteiger partial charge on any atom is 0.140 e. The van der Waals surface area contributed by atoms with E-state index in [0.717, 1.165) is 22.7 Å². The van der Waals surface area contributed by atoms with Crippen LogP contribution in [-0.4, -0.2) is 24.1 Å². The van der Waals surface area contributed by atoms with Crippen molar-refractivity contribution >= 4 is 11.0 Å². The molecule has 4 rings (SSSR count). The zero-order valence-electron chi connectivity index (χ0n) is 10.6. The normalized spacial score (nSPS) is 11.0. The van der Waals surface area contributed by atoms with Crippen LogP contribution >= 0.6 is 0 Å². The fourth-order valence-corrected chi connectivity index (χ4v) is 2.23. The minimum atomic E-state index is 0.831. The Bertz CT molecular complexity index is 861. The molecule has 0 fully saturated rings. The van der Waals surface area contributed by atoms with E-state index in [1.807, 2.05) is 57.8 Å². The van der Waals surface area contributed by atoms with Gasteiger partial charge in [0.15, 0.2) is 0 Å². The summed E-state index contributed by atoms with van der Waals surface area (Å²) in [5.74, 6) is 1.67. The Morgan fingerprint density at radius 2 is 1.75 bits per heavy atom. The summed E-state index contributed by atoms with van der Waals surface area (Å²) in [5, 5.41) is 0. The Kier molecular flexibility index (Phi) is 2.35. The van der Waals surface area contributed by atoms with Crippen molar-refractivity contribution < 1.29 is 0 Å². The van der Waals surface area contributed by atoms with E-state index in [0.29, 0.717) is 0 Å².